The maximum Gasteiger partial charge on any atom is 0.325 e. The molecule has 0 radical (unpaired) electrons. The summed E-state index contributed by atoms with van der Waals surface area (Å²) in [6.07, 6.45) is 0. The van der Waals surface area contributed by atoms with Gasteiger partial charge in [0.25, 0.3) is 0 Å². The van der Waals surface area contributed by atoms with Crippen LogP contribution in [0.3, 0.4) is 0 Å². The zero-order valence-corrected chi connectivity index (χ0v) is 10.4. The molecule has 0 spiro atoms. The molecular weight excluding hydrogens is 254 g/mol. The number of para-hydroxylation sites is 1. The van der Waals surface area contributed by atoms with Crippen LogP contribution >= 0.6 is 0 Å². The van der Waals surface area contributed by atoms with Gasteiger partial charge in [0.15, 0.2) is 5.65 Å². The fraction of sp³-hybridized carbons (Fsp3) is 0. The van der Waals surface area contributed by atoms with Crippen LogP contribution in [0.25, 0.3) is 33.3 Å². The Kier molecular flexibility index (Phi) is 2.03. The number of fused-ring (bicyclic) bond motifs is 2. The van der Waals surface area contributed by atoms with Gasteiger partial charge in [-0.05, 0) is 18.2 Å². The minimum Gasteiger partial charge on any atom is -0.384 e. The number of benzene rings is 1. The smallest absolute Gasteiger partial charge is 0.325 e. The molecule has 3 aromatic heterocycles. The molecule has 4 aromatic rings. The molecule has 6 nitrogen and oxygen atoms in total. The number of hydrogen-bond donors (Lipinski definition) is 4. The van der Waals surface area contributed by atoms with Crippen LogP contribution in [0.4, 0.5) is 5.82 Å². The summed E-state index contributed by atoms with van der Waals surface area (Å²) >= 11 is 0. The predicted octanol–water partition coefficient (Wildman–Crippen LogP) is 1.98. The van der Waals surface area contributed by atoms with Crippen molar-refractivity contribution in [2.45, 2.75) is 0 Å². The molecule has 0 atom stereocenters. The summed E-state index contributed by atoms with van der Waals surface area (Å²) in [6, 6.07) is 11.7. The number of nitrogens with zero attached hydrogens (tertiary/aromatic N) is 1. The standard InChI is InChI=1S/C14H11N5O/c15-11-6-8(12-13(17-11)19-14(20)18-12)10-5-7-3-1-2-4-9(7)16-10/h1-6,16H,(H4,15,17,18,19,20). The van der Waals surface area contributed by atoms with Crippen molar-refractivity contribution >= 4 is 27.9 Å². The Morgan fingerprint density at radius 3 is 2.75 bits per heavy atom. The highest BCUT2D eigenvalue weighted by molar-refractivity contribution is 5.94. The van der Waals surface area contributed by atoms with Crippen molar-refractivity contribution in [3.63, 3.8) is 0 Å². The minimum atomic E-state index is -0.296. The number of H-pyrrole nitrogens is 3. The Balaban J connectivity index is 2.08. The summed E-state index contributed by atoms with van der Waals surface area (Å²) in [6.45, 7) is 0. The Morgan fingerprint density at radius 2 is 1.90 bits per heavy atom. The molecule has 0 saturated heterocycles. The van der Waals surface area contributed by atoms with Gasteiger partial charge < -0.3 is 15.7 Å². The van der Waals surface area contributed by atoms with Crippen LogP contribution in [0.2, 0.25) is 0 Å². The van der Waals surface area contributed by atoms with Gasteiger partial charge in [-0.2, -0.15) is 0 Å². The third-order valence-electron chi connectivity index (χ3n) is 3.33. The van der Waals surface area contributed by atoms with Gasteiger partial charge in [-0.3, -0.25) is 4.98 Å². The topological polar surface area (TPSA) is 103 Å². The molecule has 4 rings (SSSR count). The molecular formula is C14H11N5O. The molecule has 0 saturated carbocycles. The molecule has 0 aliphatic rings. The van der Waals surface area contributed by atoms with Gasteiger partial charge in [0.05, 0.1) is 5.52 Å². The normalized spacial score (nSPS) is 11.4. The minimum absolute atomic E-state index is 0.296. The largest absolute Gasteiger partial charge is 0.384 e. The number of nitrogens with one attached hydrogen (secondary N) is 3. The number of aromatic amines is 3. The summed E-state index contributed by atoms with van der Waals surface area (Å²) in [5.74, 6) is 0.362. The van der Waals surface area contributed by atoms with Crippen LogP contribution in [0.5, 0.6) is 0 Å². The van der Waals surface area contributed by atoms with Crippen LogP contribution in [0.15, 0.2) is 41.2 Å². The lowest BCUT2D eigenvalue weighted by atomic mass is 10.1. The van der Waals surface area contributed by atoms with Crippen LogP contribution in [-0.4, -0.2) is 19.9 Å². The third kappa shape index (κ3) is 1.51. The summed E-state index contributed by atoms with van der Waals surface area (Å²) < 4.78 is 0. The second-order valence-electron chi connectivity index (χ2n) is 4.67. The molecule has 5 N–H and O–H groups in total. The van der Waals surface area contributed by atoms with E-state index in [0.717, 1.165) is 22.2 Å². The van der Waals surface area contributed by atoms with E-state index in [-0.39, 0.29) is 5.69 Å². The predicted molar refractivity (Wildman–Crippen MR) is 78.4 cm³/mol. The van der Waals surface area contributed by atoms with Crippen molar-refractivity contribution in [2.75, 3.05) is 5.73 Å². The summed E-state index contributed by atoms with van der Waals surface area (Å²) in [5, 5.41) is 1.10. The Labute approximate surface area is 112 Å². The van der Waals surface area contributed by atoms with Gasteiger partial charge >= 0.3 is 5.69 Å². The van der Waals surface area contributed by atoms with Crippen LogP contribution < -0.4 is 11.4 Å². The number of hydrogen-bond acceptors (Lipinski definition) is 3. The van der Waals surface area contributed by atoms with Crippen LogP contribution in [0.1, 0.15) is 0 Å². The highest BCUT2D eigenvalue weighted by atomic mass is 16.1. The molecule has 98 valence electrons. The van der Waals surface area contributed by atoms with Gasteiger partial charge in [-0.1, -0.05) is 18.2 Å². The van der Waals surface area contributed by atoms with E-state index >= 15 is 0 Å². The summed E-state index contributed by atoms with van der Waals surface area (Å²) in [7, 11) is 0. The number of aromatic nitrogens is 4. The quantitative estimate of drug-likeness (QED) is 0.423. The number of anilines is 1. The molecule has 0 aliphatic heterocycles. The maximum atomic E-state index is 11.5. The zero-order chi connectivity index (χ0) is 13.7. The van der Waals surface area contributed by atoms with Crippen molar-refractivity contribution < 1.29 is 0 Å². The van der Waals surface area contributed by atoms with E-state index in [0.29, 0.717) is 17.0 Å². The molecule has 0 fully saturated rings. The monoisotopic (exact) mass is 265 g/mol. The maximum absolute atomic E-state index is 11.5. The SMILES string of the molecule is Nc1cc(-c2cc3ccccc3[nH]2)c2[nH]c(=O)[nH]c2n1. The van der Waals surface area contributed by atoms with E-state index in [1.165, 1.54) is 0 Å². The number of imidazole rings is 1. The third-order valence-corrected chi connectivity index (χ3v) is 3.33. The molecule has 0 amide bonds. The second kappa shape index (κ2) is 3.74. The molecule has 0 aliphatic carbocycles. The van der Waals surface area contributed by atoms with Crippen LogP contribution in [-0.2, 0) is 0 Å². The summed E-state index contributed by atoms with van der Waals surface area (Å²) in [5.41, 5.74) is 9.36. The van der Waals surface area contributed by atoms with Crippen molar-refractivity contribution in [2.24, 2.45) is 0 Å². The van der Waals surface area contributed by atoms with E-state index in [4.69, 9.17) is 5.73 Å². The molecule has 3 heterocycles. The van der Waals surface area contributed by atoms with Gasteiger partial charge in [0.2, 0.25) is 0 Å². The number of rotatable bonds is 1. The fourth-order valence-electron chi connectivity index (χ4n) is 2.47. The second-order valence-corrected chi connectivity index (χ2v) is 4.67. The van der Waals surface area contributed by atoms with Crippen molar-refractivity contribution in [1.29, 1.82) is 0 Å². The zero-order valence-electron chi connectivity index (χ0n) is 10.4. The first kappa shape index (κ1) is 10.9. The first-order valence-corrected chi connectivity index (χ1v) is 6.17. The fourth-order valence-corrected chi connectivity index (χ4v) is 2.47. The van der Waals surface area contributed by atoms with Crippen molar-refractivity contribution in [1.82, 2.24) is 19.9 Å². The molecule has 20 heavy (non-hydrogen) atoms. The lowest BCUT2D eigenvalue weighted by molar-refractivity contribution is 1.20. The first-order chi connectivity index (χ1) is 9.70. The highest BCUT2D eigenvalue weighted by Gasteiger charge is 2.11. The van der Waals surface area contributed by atoms with E-state index < -0.39 is 0 Å². The Hall–Kier alpha value is -3.02. The Morgan fingerprint density at radius 1 is 1.05 bits per heavy atom. The Bertz CT molecular complexity index is 959. The number of nitrogens with two attached hydrogens (primary N) is 1. The van der Waals surface area contributed by atoms with Crippen molar-refractivity contribution in [3.05, 3.63) is 46.9 Å². The lowest BCUT2D eigenvalue weighted by Crippen LogP contribution is -1.99. The first-order valence-electron chi connectivity index (χ1n) is 6.17. The van der Waals surface area contributed by atoms with E-state index in [9.17, 15) is 4.79 Å². The molecule has 0 bridgehead atoms. The van der Waals surface area contributed by atoms with Gasteiger partial charge in [0, 0.05) is 22.2 Å². The van der Waals surface area contributed by atoms with Gasteiger partial charge in [-0.25, -0.2) is 9.78 Å². The van der Waals surface area contributed by atoms with Gasteiger partial charge in [-0.15, -0.1) is 0 Å². The number of nitrogen functional groups attached to an aromatic ring is 1. The average molecular weight is 265 g/mol. The van der Waals surface area contributed by atoms with E-state index in [1.54, 1.807) is 6.07 Å². The van der Waals surface area contributed by atoms with E-state index in [1.807, 2.05) is 30.3 Å². The number of pyridine rings is 1. The van der Waals surface area contributed by atoms with E-state index in [2.05, 4.69) is 19.9 Å². The van der Waals surface area contributed by atoms with Crippen LogP contribution in [0, 0.1) is 0 Å². The molecule has 0 unspecified atom stereocenters. The average Bonchev–Trinajstić information content (AvgIpc) is 2.99. The van der Waals surface area contributed by atoms with Gasteiger partial charge in [0.1, 0.15) is 5.82 Å². The highest BCUT2D eigenvalue weighted by Crippen LogP contribution is 2.29. The molecule has 6 heteroatoms. The lowest BCUT2D eigenvalue weighted by Gasteiger charge is -2.01. The summed E-state index contributed by atoms with van der Waals surface area (Å²) in [4.78, 5) is 24.3. The molecule has 1 aromatic carbocycles. The van der Waals surface area contributed by atoms with Crippen molar-refractivity contribution in [3.8, 4) is 11.3 Å².